The van der Waals surface area contributed by atoms with Crippen LogP contribution in [0.3, 0.4) is 0 Å². The molecule has 0 aliphatic heterocycles. The highest BCUT2D eigenvalue weighted by molar-refractivity contribution is 5.79. The van der Waals surface area contributed by atoms with Gasteiger partial charge in [-0.15, -0.1) is 0 Å². The molecule has 0 unspecified atom stereocenters. The Morgan fingerprint density at radius 2 is 1.87 bits per heavy atom. The molecule has 0 aliphatic rings. The first-order valence-electron chi connectivity index (χ1n) is 8.20. The van der Waals surface area contributed by atoms with E-state index in [2.05, 4.69) is 48.5 Å². The standard InChI is InChI=1S/C19H27N3O/c1-13(2)18(16-9-7-6-8-10-16)12-20-19(23)11-17-14(3)21-22(5)15(17)4/h6-10,13,18H,11-12H2,1-5H3,(H,20,23)/t18-/m0/s1. The highest BCUT2D eigenvalue weighted by Crippen LogP contribution is 2.23. The van der Waals surface area contributed by atoms with E-state index in [0.29, 0.717) is 24.8 Å². The van der Waals surface area contributed by atoms with Crippen molar-refractivity contribution >= 4 is 5.91 Å². The number of aryl methyl sites for hydroxylation is 2. The van der Waals surface area contributed by atoms with Gasteiger partial charge in [-0.3, -0.25) is 9.48 Å². The summed E-state index contributed by atoms with van der Waals surface area (Å²) < 4.78 is 1.83. The molecule has 4 heteroatoms. The summed E-state index contributed by atoms with van der Waals surface area (Å²) in [5.74, 6) is 0.863. The smallest absolute Gasteiger partial charge is 0.224 e. The zero-order valence-corrected chi connectivity index (χ0v) is 14.8. The fourth-order valence-corrected chi connectivity index (χ4v) is 2.96. The van der Waals surface area contributed by atoms with Gasteiger partial charge >= 0.3 is 0 Å². The van der Waals surface area contributed by atoms with Crippen molar-refractivity contribution in [3.63, 3.8) is 0 Å². The predicted octanol–water partition coefficient (Wildman–Crippen LogP) is 3.14. The first-order chi connectivity index (χ1) is 10.9. The minimum absolute atomic E-state index is 0.0609. The van der Waals surface area contributed by atoms with Crippen LogP contribution in [-0.2, 0) is 18.3 Å². The van der Waals surface area contributed by atoms with Crippen molar-refractivity contribution in [2.24, 2.45) is 13.0 Å². The summed E-state index contributed by atoms with van der Waals surface area (Å²) in [5.41, 5.74) is 4.30. The molecule has 0 aliphatic carbocycles. The number of benzene rings is 1. The summed E-state index contributed by atoms with van der Waals surface area (Å²) in [6, 6.07) is 10.4. The van der Waals surface area contributed by atoms with E-state index in [0.717, 1.165) is 17.0 Å². The van der Waals surface area contributed by atoms with Crippen molar-refractivity contribution in [3.05, 3.63) is 52.8 Å². The van der Waals surface area contributed by atoms with Gasteiger partial charge in [-0.25, -0.2) is 0 Å². The van der Waals surface area contributed by atoms with Crippen molar-refractivity contribution < 1.29 is 4.79 Å². The second-order valence-corrected chi connectivity index (χ2v) is 6.52. The Morgan fingerprint density at radius 3 is 2.39 bits per heavy atom. The van der Waals surface area contributed by atoms with E-state index in [-0.39, 0.29) is 5.91 Å². The molecule has 0 saturated carbocycles. The Bertz CT molecular complexity index is 659. The largest absolute Gasteiger partial charge is 0.355 e. The molecule has 124 valence electrons. The van der Waals surface area contributed by atoms with Gasteiger partial charge in [-0.1, -0.05) is 44.2 Å². The van der Waals surface area contributed by atoms with Crippen LogP contribution in [0.1, 0.15) is 42.3 Å². The molecule has 1 amide bonds. The zero-order valence-electron chi connectivity index (χ0n) is 14.8. The SMILES string of the molecule is Cc1nn(C)c(C)c1CC(=O)NC[C@H](c1ccccc1)C(C)C. The summed E-state index contributed by atoms with van der Waals surface area (Å²) in [6.07, 6.45) is 0.394. The van der Waals surface area contributed by atoms with Gasteiger partial charge in [0.1, 0.15) is 0 Å². The van der Waals surface area contributed by atoms with Crippen LogP contribution >= 0.6 is 0 Å². The number of carbonyl (C=O) groups is 1. The molecule has 0 fully saturated rings. The van der Waals surface area contributed by atoms with Crippen molar-refractivity contribution in [2.45, 2.75) is 40.0 Å². The van der Waals surface area contributed by atoms with Crippen LogP contribution in [0.4, 0.5) is 0 Å². The topological polar surface area (TPSA) is 46.9 Å². The summed E-state index contributed by atoms with van der Waals surface area (Å²) in [6.45, 7) is 9.01. The van der Waals surface area contributed by atoms with Crippen molar-refractivity contribution in [3.8, 4) is 0 Å². The van der Waals surface area contributed by atoms with Gasteiger partial charge in [0.05, 0.1) is 12.1 Å². The lowest BCUT2D eigenvalue weighted by Gasteiger charge is -2.22. The molecule has 2 aromatic rings. The summed E-state index contributed by atoms with van der Waals surface area (Å²) >= 11 is 0. The number of nitrogens with one attached hydrogen (secondary N) is 1. The van der Waals surface area contributed by atoms with E-state index in [9.17, 15) is 4.79 Å². The van der Waals surface area contributed by atoms with E-state index >= 15 is 0 Å². The van der Waals surface area contributed by atoms with E-state index in [4.69, 9.17) is 0 Å². The first kappa shape index (κ1) is 17.3. The lowest BCUT2D eigenvalue weighted by atomic mass is 9.88. The highest BCUT2D eigenvalue weighted by Gasteiger charge is 2.18. The molecule has 1 N–H and O–H groups in total. The molecule has 1 aromatic carbocycles. The lowest BCUT2D eigenvalue weighted by Crippen LogP contribution is -2.31. The number of hydrogen-bond donors (Lipinski definition) is 1. The summed E-state index contributed by atoms with van der Waals surface area (Å²) in [4.78, 5) is 12.3. The van der Waals surface area contributed by atoms with E-state index in [1.165, 1.54) is 5.56 Å². The zero-order chi connectivity index (χ0) is 17.0. The number of nitrogens with zero attached hydrogens (tertiary/aromatic N) is 2. The third-order valence-electron chi connectivity index (χ3n) is 4.55. The first-order valence-corrected chi connectivity index (χ1v) is 8.20. The molecule has 0 spiro atoms. The molecule has 1 atom stereocenters. The number of hydrogen-bond acceptors (Lipinski definition) is 2. The maximum absolute atomic E-state index is 12.3. The van der Waals surface area contributed by atoms with Crippen LogP contribution < -0.4 is 5.32 Å². The third kappa shape index (κ3) is 4.21. The molecule has 0 radical (unpaired) electrons. The van der Waals surface area contributed by atoms with E-state index in [1.54, 1.807) is 0 Å². The number of amides is 1. The lowest BCUT2D eigenvalue weighted by molar-refractivity contribution is -0.120. The second kappa shape index (κ2) is 7.44. The molecule has 1 heterocycles. The Kier molecular flexibility index (Phi) is 5.59. The molecular weight excluding hydrogens is 286 g/mol. The van der Waals surface area contributed by atoms with Gasteiger partial charge in [-0.2, -0.15) is 5.10 Å². The fraction of sp³-hybridized carbons (Fsp3) is 0.474. The summed E-state index contributed by atoms with van der Waals surface area (Å²) in [5, 5.41) is 7.47. The Labute approximate surface area is 138 Å². The average Bonchev–Trinajstić information content (AvgIpc) is 2.74. The van der Waals surface area contributed by atoms with Crippen molar-refractivity contribution in [1.29, 1.82) is 0 Å². The molecule has 0 saturated heterocycles. The molecule has 23 heavy (non-hydrogen) atoms. The van der Waals surface area contributed by atoms with Gasteiger partial charge in [0.15, 0.2) is 0 Å². The van der Waals surface area contributed by atoms with Crippen molar-refractivity contribution in [2.75, 3.05) is 6.54 Å². The van der Waals surface area contributed by atoms with Crippen LogP contribution in [0.15, 0.2) is 30.3 Å². The second-order valence-electron chi connectivity index (χ2n) is 6.52. The van der Waals surface area contributed by atoms with Gasteiger partial charge in [-0.05, 0) is 25.3 Å². The molecule has 4 nitrogen and oxygen atoms in total. The number of rotatable bonds is 6. The monoisotopic (exact) mass is 313 g/mol. The van der Waals surface area contributed by atoms with Gasteiger partial charge in [0.2, 0.25) is 5.91 Å². The number of carbonyl (C=O) groups excluding carboxylic acids is 1. The minimum Gasteiger partial charge on any atom is -0.355 e. The number of aromatic nitrogens is 2. The van der Waals surface area contributed by atoms with Crippen LogP contribution in [0.2, 0.25) is 0 Å². The summed E-state index contributed by atoms with van der Waals surface area (Å²) in [7, 11) is 1.91. The maximum atomic E-state index is 12.3. The van der Waals surface area contributed by atoms with Crippen LogP contribution in [0.5, 0.6) is 0 Å². The van der Waals surface area contributed by atoms with E-state index < -0.39 is 0 Å². The maximum Gasteiger partial charge on any atom is 0.224 e. The van der Waals surface area contributed by atoms with Crippen LogP contribution in [-0.4, -0.2) is 22.2 Å². The van der Waals surface area contributed by atoms with Gasteiger partial charge < -0.3 is 5.32 Å². The Balaban J connectivity index is 2.00. The molecule has 0 bridgehead atoms. The molecule has 2 rings (SSSR count). The quantitative estimate of drug-likeness (QED) is 0.890. The minimum atomic E-state index is 0.0609. The Morgan fingerprint density at radius 1 is 1.22 bits per heavy atom. The van der Waals surface area contributed by atoms with Crippen molar-refractivity contribution in [1.82, 2.24) is 15.1 Å². The highest BCUT2D eigenvalue weighted by atomic mass is 16.1. The average molecular weight is 313 g/mol. The normalized spacial score (nSPS) is 12.4. The molecule has 1 aromatic heterocycles. The molecular formula is C19H27N3O. The van der Waals surface area contributed by atoms with Crippen LogP contribution in [0, 0.1) is 19.8 Å². The van der Waals surface area contributed by atoms with E-state index in [1.807, 2.05) is 31.6 Å². The predicted molar refractivity (Wildman–Crippen MR) is 93.4 cm³/mol. The Hall–Kier alpha value is -2.10. The van der Waals surface area contributed by atoms with Crippen LogP contribution in [0.25, 0.3) is 0 Å². The van der Waals surface area contributed by atoms with Gasteiger partial charge in [0.25, 0.3) is 0 Å². The third-order valence-corrected chi connectivity index (χ3v) is 4.55. The van der Waals surface area contributed by atoms with Gasteiger partial charge in [0, 0.05) is 30.8 Å². The fourth-order valence-electron chi connectivity index (χ4n) is 2.96.